The van der Waals surface area contributed by atoms with Crippen molar-refractivity contribution in [3.8, 4) is 0 Å². The highest BCUT2D eigenvalue weighted by Gasteiger charge is 2.13. The van der Waals surface area contributed by atoms with Crippen LogP contribution in [0.25, 0.3) is 0 Å². The van der Waals surface area contributed by atoms with E-state index in [1.165, 1.54) is 31.4 Å². The van der Waals surface area contributed by atoms with E-state index in [1.54, 1.807) is 27.7 Å². The number of ether oxygens (including phenoxy) is 3. The van der Waals surface area contributed by atoms with Gasteiger partial charge < -0.3 is 39.9 Å². The molecule has 0 unspecified atom stereocenters. The van der Waals surface area contributed by atoms with Gasteiger partial charge in [0, 0.05) is 83.8 Å². The molecule has 0 amide bonds. The van der Waals surface area contributed by atoms with Gasteiger partial charge in [0.15, 0.2) is 22.5 Å². The molecule has 0 aliphatic rings. The molecule has 0 saturated heterocycles. The minimum atomic E-state index is -1.10. The fraction of sp³-hybridized carbons (Fsp3) is 0.452. The normalized spacial score (nSPS) is 11.5. The minimum Gasteiger partial charge on any atom is -0.464 e. The Kier molecular flexibility index (Phi) is 14.1. The van der Waals surface area contributed by atoms with Crippen LogP contribution in [0.2, 0.25) is 51.4 Å². The Labute approximate surface area is 281 Å². The first kappa shape index (κ1) is 38.2. The maximum Gasteiger partial charge on any atom is 0.354 e. The molecule has 4 heterocycles. The van der Waals surface area contributed by atoms with Gasteiger partial charge in [0.05, 0.1) is 13.7 Å². The highest BCUT2D eigenvalue weighted by Crippen LogP contribution is 2.14. The second-order valence-corrected chi connectivity index (χ2v) is 24.7. The van der Waals surface area contributed by atoms with Crippen molar-refractivity contribution in [2.45, 2.75) is 71.4 Å². The third-order valence-corrected chi connectivity index (χ3v) is 9.97. The smallest absolute Gasteiger partial charge is 0.354 e. The van der Waals surface area contributed by atoms with E-state index in [-0.39, 0.29) is 23.2 Å². The first-order chi connectivity index (χ1) is 22.6. The molecule has 0 bridgehead atoms. The van der Waals surface area contributed by atoms with Crippen molar-refractivity contribution in [1.82, 2.24) is 29.5 Å². The molecule has 0 aromatic carbocycles. The van der Waals surface area contributed by atoms with Crippen molar-refractivity contribution in [2.75, 3.05) is 31.0 Å². The van der Waals surface area contributed by atoms with Crippen molar-refractivity contribution >= 4 is 45.4 Å². The molecule has 4 aromatic heterocycles. The van der Waals surface area contributed by atoms with E-state index in [1.807, 2.05) is 6.20 Å². The molecule has 262 valence electrons. The Morgan fingerprint density at radius 1 is 0.792 bits per heavy atom. The molecule has 0 spiro atoms. The number of nitrogens with one attached hydrogen (secondary N) is 4. The van der Waals surface area contributed by atoms with Crippen LogP contribution < -0.4 is 21.5 Å². The summed E-state index contributed by atoms with van der Waals surface area (Å²) in [5.41, 5.74) is 0.0425. The summed E-state index contributed by atoms with van der Waals surface area (Å²) in [5.74, 6) is 1.38. The lowest BCUT2D eigenvalue weighted by Crippen LogP contribution is -2.22. The van der Waals surface area contributed by atoms with Gasteiger partial charge >= 0.3 is 5.97 Å². The SMILES string of the molecule is COC(=O)c1cc(=O)cc(Nc2ccn(COCC[Si](C)(C)C)n2)[nH]1.C[Si](C)(C)CCOCn1ccc(Nc2cc(=O)cc(CO)[nH]2)n1. The number of hydrogen-bond acceptors (Lipinski definition) is 11. The van der Waals surface area contributed by atoms with Gasteiger partial charge in [0.2, 0.25) is 0 Å². The predicted molar refractivity (Wildman–Crippen MR) is 191 cm³/mol. The largest absolute Gasteiger partial charge is 0.464 e. The maximum absolute atomic E-state index is 11.7. The van der Waals surface area contributed by atoms with Crippen molar-refractivity contribution < 1.29 is 24.1 Å². The van der Waals surface area contributed by atoms with Gasteiger partial charge in [-0.3, -0.25) is 9.59 Å². The summed E-state index contributed by atoms with van der Waals surface area (Å²) in [6, 6.07) is 11.1. The van der Waals surface area contributed by atoms with Crippen LogP contribution in [0.15, 0.2) is 58.4 Å². The second-order valence-electron chi connectivity index (χ2n) is 13.5. The molecule has 15 nitrogen and oxygen atoms in total. The average Bonchev–Trinajstić information content (AvgIpc) is 3.65. The van der Waals surface area contributed by atoms with E-state index in [0.717, 1.165) is 18.7 Å². The number of aromatic nitrogens is 6. The Bertz CT molecular complexity index is 1720. The van der Waals surface area contributed by atoms with Crippen molar-refractivity contribution in [3.05, 3.63) is 80.6 Å². The molecule has 48 heavy (non-hydrogen) atoms. The summed E-state index contributed by atoms with van der Waals surface area (Å²) in [5, 5.41) is 23.7. The fourth-order valence-corrected chi connectivity index (χ4v) is 5.45. The Morgan fingerprint density at radius 2 is 1.27 bits per heavy atom. The Morgan fingerprint density at radius 3 is 1.73 bits per heavy atom. The third kappa shape index (κ3) is 14.2. The second kappa shape index (κ2) is 17.7. The molecule has 4 aromatic rings. The molecule has 0 radical (unpaired) electrons. The molecular formula is C31H48N8O7Si2. The number of carbonyl (C=O) groups is 1. The lowest BCUT2D eigenvalue weighted by atomic mass is 10.3. The summed E-state index contributed by atoms with van der Waals surface area (Å²) in [7, 11) is -0.925. The standard InChI is InChI=1S/C16H24N4O4Si.C15H24N4O3Si/c1-23-16(22)13-9-12(21)10-15(17-13)18-14-5-6-20(19-14)11-24-7-8-25(2,3)4;1-23(2,3)7-6-22-11-19-5-4-14(18-19)17-15-9-13(21)8-12(10-20)16-15/h5-6,9-10H,7-8,11H2,1-4H3,(H2,17,18,19,21);4-5,8-9,20H,6-7,10-11H2,1-3H3,(H2,16,17,18,21). The van der Waals surface area contributed by atoms with E-state index < -0.39 is 22.1 Å². The van der Waals surface area contributed by atoms with Gasteiger partial charge in [0.25, 0.3) is 0 Å². The van der Waals surface area contributed by atoms with E-state index in [2.05, 4.69) is 74.8 Å². The summed E-state index contributed by atoms with van der Waals surface area (Å²) in [6.45, 7) is 15.8. The van der Waals surface area contributed by atoms with Gasteiger partial charge in [-0.1, -0.05) is 39.3 Å². The predicted octanol–water partition coefficient (Wildman–Crippen LogP) is 4.53. The van der Waals surface area contributed by atoms with Crippen LogP contribution in [-0.4, -0.2) is 77.1 Å². The summed E-state index contributed by atoms with van der Waals surface area (Å²) in [4.78, 5) is 40.4. The third-order valence-electron chi connectivity index (χ3n) is 6.56. The maximum atomic E-state index is 11.7. The molecular weight excluding hydrogens is 653 g/mol. The molecule has 0 saturated carbocycles. The first-order valence-corrected chi connectivity index (χ1v) is 23.0. The number of aliphatic hydroxyl groups excluding tert-OH is 1. The number of H-pyrrole nitrogens is 2. The number of esters is 1. The lowest BCUT2D eigenvalue weighted by Gasteiger charge is -2.15. The van der Waals surface area contributed by atoms with Crippen LogP contribution in [0.1, 0.15) is 16.2 Å². The highest BCUT2D eigenvalue weighted by molar-refractivity contribution is 6.76. The molecule has 17 heteroatoms. The van der Waals surface area contributed by atoms with Crippen LogP contribution in [0.3, 0.4) is 0 Å². The number of methoxy groups -OCH3 is 1. The van der Waals surface area contributed by atoms with E-state index in [4.69, 9.17) is 14.6 Å². The lowest BCUT2D eigenvalue weighted by molar-refractivity contribution is 0.0594. The summed E-state index contributed by atoms with van der Waals surface area (Å²) in [6.07, 6.45) is 3.59. The molecule has 0 aliphatic heterocycles. The van der Waals surface area contributed by atoms with Gasteiger partial charge in [-0.25, -0.2) is 14.2 Å². The van der Waals surface area contributed by atoms with Gasteiger partial charge in [-0.15, -0.1) is 0 Å². The van der Waals surface area contributed by atoms with Crippen LogP contribution in [-0.2, 0) is 34.3 Å². The zero-order valence-corrected chi connectivity index (χ0v) is 30.8. The monoisotopic (exact) mass is 700 g/mol. The molecule has 0 aliphatic carbocycles. The molecule has 5 N–H and O–H groups in total. The molecule has 0 atom stereocenters. The number of pyridine rings is 2. The van der Waals surface area contributed by atoms with Crippen molar-refractivity contribution in [2.24, 2.45) is 0 Å². The van der Waals surface area contributed by atoms with E-state index >= 15 is 0 Å². The van der Waals surface area contributed by atoms with E-state index in [0.29, 0.717) is 49.0 Å². The van der Waals surface area contributed by atoms with Crippen LogP contribution in [0, 0.1) is 0 Å². The summed E-state index contributed by atoms with van der Waals surface area (Å²) < 4.78 is 19.2. The number of aromatic amines is 2. The summed E-state index contributed by atoms with van der Waals surface area (Å²) >= 11 is 0. The number of rotatable bonds is 16. The molecule has 0 fully saturated rings. The van der Waals surface area contributed by atoms with Crippen LogP contribution >= 0.6 is 0 Å². The van der Waals surface area contributed by atoms with E-state index in [9.17, 15) is 14.4 Å². The van der Waals surface area contributed by atoms with Gasteiger partial charge in [-0.2, -0.15) is 10.2 Å². The van der Waals surface area contributed by atoms with Gasteiger partial charge in [-0.05, 0) is 12.1 Å². The quantitative estimate of drug-likeness (QED) is 0.0627. The van der Waals surface area contributed by atoms with Crippen LogP contribution in [0.5, 0.6) is 0 Å². The van der Waals surface area contributed by atoms with Crippen molar-refractivity contribution in [1.29, 1.82) is 0 Å². The fourth-order valence-electron chi connectivity index (χ4n) is 3.93. The number of aliphatic hydroxyl groups is 1. The highest BCUT2D eigenvalue weighted by atomic mass is 28.3. The van der Waals surface area contributed by atoms with Crippen molar-refractivity contribution in [3.63, 3.8) is 0 Å². The zero-order valence-electron chi connectivity index (χ0n) is 28.8. The number of hydrogen-bond donors (Lipinski definition) is 5. The number of anilines is 4. The zero-order chi connectivity index (χ0) is 35.3. The Balaban J connectivity index is 0.000000261. The topological polar surface area (TPSA) is 190 Å². The average molecular weight is 701 g/mol. The molecule has 4 rings (SSSR count). The van der Waals surface area contributed by atoms with Gasteiger partial charge in [0.1, 0.15) is 30.8 Å². The Hall–Kier alpha value is -4.30. The van der Waals surface area contributed by atoms with Crippen LogP contribution in [0.4, 0.5) is 23.3 Å². The minimum absolute atomic E-state index is 0.0756. The number of carbonyl (C=O) groups excluding carboxylic acids is 1. The number of nitrogens with zero attached hydrogens (tertiary/aromatic N) is 4. The first-order valence-electron chi connectivity index (χ1n) is 15.6.